The topological polar surface area (TPSA) is 60.5 Å². The second-order valence-electron chi connectivity index (χ2n) is 5.71. The van der Waals surface area contributed by atoms with Crippen LogP contribution in [-0.2, 0) is 4.79 Å². The van der Waals surface area contributed by atoms with Crippen LogP contribution in [0.3, 0.4) is 0 Å². The lowest BCUT2D eigenvalue weighted by molar-refractivity contribution is -0.153. The maximum atomic E-state index is 12.1. The molecular formula is C18H19F3N2O3. The second-order valence-corrected chi connectivity index (χ2v) is 5.71. The van der Waals surface area contributed by atoms with Crippen LogP contribution in [0.25, 0.3) is 0 Å². The maximum Gasteiger partial charge on any atom is 0.422 e. The lowest BCUT2D eigenvalue weighted by Crippen LogP contribution is -2.31. The molecule has 0 radical (unpaired) electrons. The minimum absolute atomic E-state index is 0.00676. The number of ether oxygens (including phenoxy) is 2. The summed E-state index contributed by atoms with van der Waals surface area (Å²) < 4.78 is 46.3. The molecule has 8 heteroatoms. The van der Waals surface area contributed by atoms with Crippen LogP contribution in [0.1, 0.15) is 24.2 Å². The number of pyridine rings is 1. The van der Waals surface area contributed by atoms with Gasteiger partial charge in [0.05, 0.1) is 17.9 Å². The van der Waals surface area contributed by atoms with Gasteiger partial charge >= 0.3 is 6.18 Å². The van der Waals surface area contributed by atoms with E-state index >= 15 is 0 Å². The SMILES string of the molecule is Cc1ccc(OCC(=O)N[C@H](C)c2ccc(OCC(F)(F)F)cn2)cc1. The van der Waals surface area contributed by atoms with Crippen LogP contribution in [-0.4, -0.2) is 30.3 Å². The molecule has 5 nitrogen and oxygen atoms in total. The van der Waals surface area contributed by atoms with E-state index in [0.717, 1.165) is 5.56 Å². The molecule has 1 N–H and O–H groups in total. The zero-order valence-corrected chi connectivity index (χ0v) is 14.3. The van der Waals surface area contributed by atoms with E-state index < -0.39 is 18.8 Å². The summed E-state index contributed by atoms with van der Waals surface area (Å²) >= 11 is 0. The van der Waals surface area contributed by atoms with E-state index in [-0.39, 0.29) is 18.3 Å². The molecule has 140 valence electrons. The Labute approximate surface area is 149 Å². The van der Waals surface area contributed by atoms with E-state index in [1.54, 1.807) is 19.1 Å². The number of alkyl halides is 3. The van der Waals surface area contributed by atoms with Crippen molar-refractivity contribution in [2.24, 2.45) is 0 Å². The summed E-state index contributed by atoms with van der Waals surface area (Å²) in [5.74, 6) is 0.257. The summed E-state index contributed by atoms with van der Waals surface area (Å²) in [5, 5.41) is 2.71. The van der Waals surface area contributed by atoms with Crippen molar-refractivity contribution in [1.29, 1.82) is 0 Å². The van der Waals surface area contributed by atoms with Crippen LogP contribution < -0.4 is 14.8 Å². The number of amides is 1. The molecule has 0 saturated heterocycles. The van der Waals surface area contributed by atoms with Crippen molar-refractivity contribution in [3.8, 4) is 11.5 Å². The molecule has 0 aliphatic rings. The molecule has 1 atom stereocenters. The maximum absolute atomic E-state index is 12.1. The van der Waals surface area contributed by atoms with Gasteiger partial charge in [0.25, 0.3) is 5.91 Å². The summed E-state index contributed by atoms with van der Waals surface area (Å²) in [6, 6.07) is 9.74. The molecule has 0 aliphatic heterocycles. The lowest BCUT2D eigenvalue weighted by atomic mass is 10.2. The molecule has 2 aromatic rings. The zero-order chi connectivity index (χ0) is 19.2. The quantitative estimate of drug-likeness (QED) is 0.811. The standard InChI is InChI=1S/C18H19F3N2O3/c1-12-3-5-14(6-4-12)25-10-17(24)23-13(2)16-8-7-15(9-22-16)26-11-18(19,20)21/h3-9,13H,10-11H2,1-2H3,(H,23,24)/t13-/m1/s1. The van der Waals surface area contributed by atoms with Gasteiger partial charge in [0.15, 0.2) is 13.2 Å². The Bertz CT molecular complexity index is 716. The van der Waals surface area contributed by atoms with Crippen molar-refractivity contribution in [1.82, 2.24) is 10.3 Å². The Hall–Kier alpha value is -2.77. The predicted molar refractivity (Wildman–Crippen MR) is 89.0 cm³/mol. The molecule has 0 unspecified atom stereocenters. The van der Waals surface area contributed by atoms with E-state index in [1.807, 2.05) is 19.1 Å². The third-order valence-corrected chi connectivity index (χ3v) is 3.37. The third-order valence-electron chi connectivity index (χ3n) is 3.37. The molecule has 1 aromatic carbocycles. The molecule has 1 heterocycles. The highest BCUT2D eigenvalue weighted by Gasteiger charge is 2.28. The summed E-state index contributed by atoms with van der Waals surface area (Å²) in [7, 11) is 0. The lowest BCUT2D eigenvalue weighted by Gasteiger charge is -2.15. The Morgan fingerprint density at radius 3 is 2.35 bits per heavy atom. The fraction of sp³-hybridized carbons (Fsp3) is 0.333. The molecule has 1 aromatic heterocycles. The molecular weight excluding hydrogens is 349 g/mol. The van der Waals surface area contributed by atoms with Crippen molar-refractivity contribution >= 4 is 5.91 Å². The monoisotopic (exact) mass is 368 g/mol. The van der Waals surface area contributed by atoms with Gasteiger partial charge in [0.1, 0.15) is 11.5 Å². The van der Waals surface area contributed by atoms with Gasteiger partial charge in [-0.1, -0.05) is 17.7 Å². The van der Waals surface area contributed by atoms with Gasteiger partial charge in [-0.3, -0.25) is 9.78 Å². The number of nitrogens with one attached hydrogen (secondary N) is 1. The van der Waals surface area contributed by atoms with E-state index in [4.69, 9.17) is 4.74 Å². The normalized spacial score (nSPS) is 12.3. The first-order chi connectivity index (χ1) is 12.2. The molecule has 0 fully saturated rings. The van der Waals surface area contributed by atoms with Crippen LogP contribution in [0.15, 0.2) is 42.6 Å². The van der Waals surface area contributed by atoms with Crippen LogP contribution in [0.5, 0.6) is 11.5 Å². The Morgan fingerprint density at radius 1 is 1.12 bits per heavy atom. The number of hydrogen-bond donors (Lipinski definition) is 1. The van der Waals surface area contributed by atoms with Crippen LogP contribution in [0.2, 0.25) is 0 Å². The number of nitrogens with zero attached hydrogens (tertiary/aromatic N) is 1. The van der Waals surface area contributed by atoms with Crippen LogP contribution in [0.4, 0.5) is 13.2 Å². The largest absolute Gasteiger partial charge is 0.484 e. The van der Waals surface area contributed by atoms with Gasteiger partial charge in [-0.15, -0.1) is 0 Å². The minimum Gasteiger partial charge on any atom is -0.484 e. The van der Waals surface area contributed by atoms with Crippen molar-refractivity contribution < 1.29 is 27.4 Å². The van der Waals surface area contributed by atoms with E-state index in [0.29, 0.717) is 11.4 Å². The Balaban J connectivity index is 1.81. The average Bonchev–Trinajstić information content (AvgIpc) is 2.59. The van der Waals surface area contributed by atoms with Crippen molar-refractivity contribution in [2.45, 2.75) is 26.1 Å². The first-order valence-corrected chi connectivity index (χ1v) is 7.87. The number of aryl methyl sites for hydroxylation is 1. The Morgan fingerprint density at radius 2 is 1.77 bits per heavy atom. The van der Waals surface area contributed by atoms with Gasteiger partial charge in [-0.25, -0.2) is 0 Å². The van der Waals surface area contributed by atoms with E-state index in [9.17, 15) is 18.0 Å². The van der Waals surface area contributed by atoms with Crippen LogP contribution >= 0.6 is 0 Å². The van der Waals surface area contributed by atoms with Gasteiger partial charge < -0.3 is 14.8 Å². The number of benzene rings is 1. The smallest absolute Gasteiger partial charge is 0.422 e. The number of carbonyl (C=O) groups is 1. The number of carbonyl (C=O) groups excluding carboxylic acids is 1. The minimum atomic E-state index is -4.41. The first-order valence-electron chi connectivity index (χ1n) is 7.87. The van der Waals surface area contributed by atoms with Gasteiger partial charge in [-0.05, 0) is 38.1 Å². The number of rotatable bonds is 7. The molecule has 0 aliphatic carbocycles. The molecule has 0 spiro atoms. The van der Waals surface area contributed by atoms with Gasteiger partial charge in [-0.2, -0.15) is 13.2 Å². The summed E-state index contributed by atoms with van der Waals surface area (Å²) in [6.07, 6.45) is -3.22. The summed E-state index contributed by atoms with van der Waals surface area (Å²) in [6.45, 7) is 2.13. The number of halogens is 3. The molecule has 0 bridgehead atoms. The van der Waals surface area contributed by atoms with Crippen molar-refractivity contribution in [3.05, 3.63) is 53.9 Å². The van der Waals surface area contributed by atoms with E-state index in [1.165, 1.54) is 18.3 Å². The summed E-state index contributed by atoms with van der Waals surface area (Å²) in [5.41, 5.74) is 1.58. The highest BCUT2D eigenvalue weighted by molar-refractivity contribution is 5.77. The fourth-order valence-corrected chi connectivity index (χ4v) is 2.04. The zero-order valence-electron chi connectivity index (χ0n) is 14.3. The van der Waals surface area contributed by atoms with E-state index in [2.05, 4.69) is 15.0 Å². The van der Waals surface area contributed by atoms with Gasteiger partial charge in [0, 0.05) is 0 Å². The molecule has 0 saturated carbocycles. The highest BCUT2D eigenvalue weighted by atomic mass is 19.4. The summed E-state index contributed by atoms with van der Waals surface area (Å²) in [4.78, 5) is 15.9. The number of hydrogen-bond acceptors (Lipinski definition) is 4. The fourth-order valence-electron chi connectivity index (χ4n) is 2.04. The molecule has 1 amide bonds. The number of aromatic nitrogens is 1. The predicted octanol–water partition coefficient (Wildman–Crippen LogP) is 3.59. The first kappa shape index (κ1) is 19.6. The Kier molecular flexibility index (Phi) is 6.43. The third kappa shape index (κ3) is 6.62. The highest BCUT2D eigenvalue weighted by Crippen LogP contribution is 2.19. The second kappa shape index (κ2) is 8.55. The average molecular weight is 368 g/mol. The molecule has 2 rings (SSSR count). The molecule has 26 heavy (non-hydrogen) atoms. The van der Waals surface area contributed by atoms with Crippen molar-refractivity contribution in [2.75, 3.05) is 13.2 Å². The van der Waals surface area contributed by atoms with Crippen LogP contribution in [0, 0.1) is 6.92 Å². The van der Waals surface area contributed by atoms with Crippen molar-refractivity contribution in [3.63, 3.8) is 0 Å². The van der Waals surface area contributed by atoms with Gasteiger partial charge in [0.2, 0.25) is 0 Å².